The molecule has 1 aromatic heterocycles. The predicted molar refractivity (Wildman–Crippen MR) is 116 cm³/mol. The first-order valence-corrected chi connectivity index (χ1v) is 9.83. The Morgan fingerprint density at radius 1 is 1.06 bits per heavy atom. The summed E-state index contributed by atoms with van der Waals surface area (Å²) in [5, 5.41) is 2.73. The number of halogens is 1. The summed E-state index contributed by atoms with van der Waals surface area (Å²) in [5.74, 6) is 0.250. The second-order valence-electron chi connectivity index (χ2n) is 7.02. The van der Waals surface area contributed by atoms with Gasteiger partial charge in [0.25, 0.3) is 5.91 Å². The third-order valence-electron chi connectivity index (χ3n) is 4.56. The molecule has 1 heterocycles. The maximum Gasteiger partial charge on any atom is 0.255 e. The number of carbonyl (C=O) groups is 1. The highest BCUT2D eigenvalue weighted by atomic mass is 19.1. The van der Waals surface area contributed by atoms with Gasteiger partial charge in [-0.1, -0.05) is 6.07 Å². The van der Waals surface area contributed by atoms with Crippen molar-refractivity contribution in [2.45, 2.75) is 20.5 Å². The SMILES string of the molecule is COCCOc1ccc(F)cc1NC(=O)c1cc(C)c(OCc2cccnc2)c(C)c1. The fourth-order valence-electron chi connectivity index (χ4n) is 3.10. The fraction of sp³-hybridized carbons (Fsp3) is 0.250. The van der Waals surface area contributed by atoms with Crippen LogP contribution in [0.1, 0.15) is 27.0 Å². The molecule has 7 heteroatoms. The van der Waals surface area contributed by atoms with Crippen molar-refractivity contribution in [3.63, 3.8) is 0 Å². The number of hydrogen-bond donors (Lipinski definition) is 1. The molecule has 0 aliphatic rings. The van der Waals surface area contributed by atoms with E-state index in [0.717, 1.165) is 22.4 Å². The van der Waals surface area contributed by atoms with Gasteiger partial charge in [0, 0.05) is 36.7 Å². The molecular formula is C24H25FN2O4. The van der Waals surface area contributed by atoms with Crippen LogP contribution in [0, 0.1) is 19.7 Å². The monoisotopic (exact) mass is 424 g/mol. The van der Waals surface area contributed by atoms with Crippen molar-refractivity contribution in [2.24, 2.45) is 0 Å². The highest BCUT2D eigenvalue weighted by Gasteiger charge is 2.15. The molecule has 0 saturated carbocycles. The van der Waals surface area contributed by atoms with Crippen molar-refractivity contribution in [1.82, 2.24) is 4.98 Å². The van der Waals surface area contributed by atoms with Crippen molar-refractivity contribution in [1.29, 1.82) is 0 Å². The Hall–Kier alpha value is -3.45. The summed E-state index contributed by atoms with van der Waals surface area (Å²) in [6.45, 7) is 4.80. The van der Waals surface area contributed by atoms with Gasteiger partial charge in [-0.2, -0.15) is 0 Å². The smallest absolute Gasteiger partial charge is 0.255 e. The number of ether oxygens (including phenoxy) is 3. The molecular weight excluding hydrogens is 399 g/mol. The standard InChI is InChI=1S/C24H25FN2O4/c1-16-11-19(12-17(2)23(16)31-15-18-5-4-8-26-14-18)24(28)27-21-13-20(25)6-7-22(21)30-10-9-29-3/h4-8,11-14H,9-10,15H2,1-3H3,(H,27,28). The summed E-state index contributed by atoms with van der Waals surface area (Å²) in [6, 6.07) is 11.3. The lowest BCUT2D eigenvalue weighted by molar-refractivity contribution is 0.102. The lowest BCUT2D eigenvalue weighted by atomic mass is 10.0. The highest BCUT2D eigenvalue weighted by molar-refractivity contribution is 6.05. The molecule has 3 rings (SSSR count). The molecule has 3 aromatic rings. The predicted octanol–water partition coefficient (Wildman–Crippen LogP) is 4.69. The first-order valence-electron chi connectivity index (χ1n) is 9.83. The van der Waals surface area contributed by atoms with Crippen LogP contribution in [0.25, 0.3) is 0 Å². The molecule has 0 atom stereocenters. The van der Waals surface area contributed by atoms with Gasteiger partial charge in [0.2, 0.25) is 0 Å². The van der Waals surface area contributed by atoms with Crippen LogP contribution in [0.2, 0.25) is 0 Å². The van der Waals surface area contributed by atoms with Crippen LogP contribution < -0.4 is 14.8 Å². The molecule has 0 aliphatic carbocycles. The largest absolute Gasteiger partial charge is 0.489 e. The van der Waals surface area contributed by atoms with Crippen LogP contribution in [0.3, 0.4) is 0 Å². The highest BCUT2D eigenvalue weighted by Crippen LogP contribution is 2.29. The minimum Gasteiger partial charge on any atom is -0.489 e. The van der Waals surface area contributed by atoms with Gasteiger partial charge in [-0.3, -0.25) is 9.78 Å². The number of amides is 1. The van der Waals surface area contributed by atoms with Crippen molar-refractivity contribution < 1.29 is 23.4 Å². The second-order valence-corrected chi connectivity index (χ2v) is 7.02. The Bertz CT molecular complexity index is 1020. The Morgan fingerprint density at radius 3 is 2.52 bits per heavy atom. The summed E-state index contributed by atoms with van der Waals surface area (Å²) >= 11 is 0. The number of anilines is 1. The number of aryl methyl sites for hydroxylation is 2. The maximum atomic E-state index is 13.7. The Morgan fingerprint density at radius 2 is 1.84 bits per heavy atom. The zero-order valence-corrected chi connectivity index (χ0v) is 17.8. The molecule has 0 unspecified atom stereocenters. The van der Waals surface area contributed by atoms with E-state index >= 15 is 0 Å². The molecule has 0 saturated heterocycles. The number of nitrogens with one attached hydrogen (secondary N) is 1. The first kappa shape index (κ1) is 22.2. The minimum absolute atomic E-state index is 0.258. The molecule has 0 radical (unpaired) electrons. The van der Waals surface area contributed by atoms with Gasteiger partial charge in [0.15, 0.2) is 0 Å². The Balaban J connectivity index is 1.74. The number of rotatable bonds is 9. The van der Waals surface area contributed by atoms with Gasteiger partial charge in [0.05, 0.1) is 12.3 Å². The van der Waals surface area contributed by atoms with Crippen LogP contribution >= 0.6 is 0 Å². The average molecular weight is 424 g/mol. The zero-order valence-electron chi connectivity index (χ0n) is 17.8. The lowest BCUT2D eigenvalue weighted by Crippen LogP contribution is -2.15. The summed E-state index contributed by atoms with van der Waals surface area (Å²) < 4.78 is 30.2. The van der Waals surface area contributed by atoms with Crippen molar-refractivity contribution in [3.05, 3.63) is 82.9 Å². The molecule has 1 amide bonds. The zero-order chi connectivity index (χ0) is 22.2. The van der Waals surface area contributed by atoms with Crippen LogP contribution in [0.15, 0.2) is 54.9 Å². The third kappa shape index (κ3) is 6.02. The van der Waals surface area contributed by atoms with E-state index in [1.165, 1.54) is 18.2 Å². The summed E-state index contributed by atoms with van der Waals surface area (Å²) in [4.78, 5) is 16.9. The van der Waals surface area contributed by atoms with Crippen molar-refractivity contribution >= 4 is 11.6 Å². The van der Waals surface area contributed by atoms with Crippen LogP contribution in [-0.2, 0) is 11.3 Å². The van der Waals surface area contributed by atoms with Gasteiger partial charge < -0.3 is 19.5 Å². The normalized spacial score (nSPS) is 10.6. The number of nitrogens with zero attached hydrogens (tertiary/aromatic N) is 1. The van der Waals surface area contributed by atoms with Crippen molar-refractivity contribution in [2.75, 3.05) is 25.6 Å². The number of hydrogen-bond acceptors (Lipinski definition) is 5. The molecule has 0 bridgehead atoms. The van der Waals surface area contributed by atoms with E-state index < -0.39 is 5.82 Å². The second kappa shape index (κ2) is 10.5. The number of methoxy groups -OCH3 is 1. The van der Waals surface area contributed by atoms with Gasteiger partial charge in [0.1, 0.15) is 30.5 Å². The van der Waals surface area contributed by atoms with E-state index in [-0.39, 0.29) is 18.2 Å². The molecule has 6 nitrogen and oxygen atoms in total. The number of pyridine rings is 1. The van der Waals surface area contributed by atoms with E-state index in [0.29, 0.717) is 24.5 Å². The lowest BCUT2D eigenvalue weighted by Gasteiger charge is -2.15. The van der Waals surface area contributed by atoms with E-state index in [1.807, 2.05) is 26.0 Å². The minimum atomic E-state index is -0.471. The van der Waals surface area contributed by atoms with Gasteiger partial charge in [-0.15, -0.1) is 0 Å². The molecule has 0 aliphatic heterocycles. The van der Waals surface area contributed by atoms with Crippen LogP contribution in [-0.4, -0.2) is 31.2 Å². The van der Waals surface area contributed by atoms with Gasteiger partial charge >= 0.3 is 0 Å². The van der Waals surface area contributed by atoms with Gasteiger partial charge in [-0.25, -0.2) is 4.39 Å². The molecule has 0 spiro atoms. The number of carbonyl (C=O) groups excluding carboxylic acids is 1. The van der Waals surface area contributed by atoms with Crippen LogP contribution in [0.4, 0.5) is 10.1 Å². The Kier molecular flexibility index (Phi) is 7.56. The molecule has 1 N–H and O–H groups in total. The number of benzene rings is 2. The summed E-state index contributed by atoms with van der Waals surface area (Å²) in [7, 11) is 1.56. The summed E-state index contributed by atoms with van der Waals surface area (Å²) in [5.41, 5.74) is 3.30. The van der Waals surface area contributed by atoms with E-state index in [2.05, 4.69) is 10.3 Å². The molecule has 162 valence electrons. The fourth-order valence-corrected chi connectivity index (χ4v) is 3.10. The van der Waals surface area contributed by atoms with Crippen molar-refractivity contribution in [3.8, 4) is 11.5 Å². The van der Waals surface area contributed by atoms with E-state index in [9.17, 15) is 9.18 Å². The average Bonchev–Trinajstić information content (AvgIpc) is 2.75. The third-order valence-corrected chi connectivity index (χ3v) is 4.56. The Labute approximate surface area is 181 Å². The van der Waals surface area contributed by atoms with Crippen LogP contribution in [0.5, 0.6) is 11.5 Å². The molecule has 31 heavy (non-hydrogen) atoms. The van der Waals surface area contributed by atoms with Gasteiger partial charge in [-0.05, 0) is 55.3 Å². The molecule has 0 fully saturated rings. The van der Waals surface area contributed by atoms with E-state index in [4.69, 9.17) is 14.2 Å². The topological polar surface area (TPSA) is 69.7 Å². The summed E-state index contributed by atoms with van der Waals surface area (Å²) in [6.07, 6.45) is 3.46. The quantitative estimate of drug-likeness (QED) is 0.505. The first-order chi connectivity index (χ1) is 15.0. The maximum absolute atomic E-state index is 13.7. The molecule has 2 aromatic carbocycles. The van der Waals surface area contributed by atoms with E-state index in [1.54, 1.807) is 31.6 Å². The number of aromatic nitrogens is 1.